The minimum Gasteiger partial charge on any atom is -0.379 e. The first-order valence-corrected chi connectivity index (χ1v) is 15.0. The van der Waals surface area contributed by atoms with Crippen LogP contribution in [0.1, 0.15) is 103 Å². The lowest BCUT2D eigenvalue weighted by Gasteiger charge is -2.24. The van der Waals surface area contributed by atoms with E-state index in [2.05, 4.69) is 11.8 Å². The molecule has 0 bridgehead atoms. The quantitative estimate of drug-likeness (QED) is 0.0445. The molecule has 8 nitrogen and oxygen atoms in total. The van der Waals surface area contributed by atoms with Gasteiger partial charge < -0.3 is 14.1 Å². The second-order valence-electron chi connectivity index (χ2n) is 10.4. The number of phosphoric ester groups is 1. The first-order valence-electron chi connectivity index (χ1n) is 13.5. The van der Waals surface area contributed by atoms with Gasteiger partial charge in [0, 0.05) is 6.61 Å². The van der Waals surface area contributed by atoms with Crippen LogP contribution in [0.5, 0.6) is 0 Å². The van der Waals surface area contributed by atoms with Crippen LogP contribution in [0.2, 0.25) is 0 Å². The van der Waals surface area contributed by atoms with Crippen molar-refractivity contribution in [1.82, 2.24) is 0 Å². The number of hydrogen-bond donors (Lipinski definition) is 2. The number of quaternary nitrogens is 1. The molecule has 0 aliphatic heterocycles. The Labute approximate surface area is 209 Å². The largest absolute Gasteiger partial charge is 0.472 e. The average Bonchev–Trinajstić information content (AvgIpc) is 2.76. The van der Waals surface area contributed by atoms with Crippen molar-refractivity contribution >= 4 is 7.82 Å². The van der Waals surface area contributed by atoms with Crippen molar-refractivity contribution in [2.24, 2.45) is 0 Å². The van der Waals surface area contributed by atoms with Crippen molar-refractivity contribution in [1.29, 1.82) is 0 Å². The number of unbranched alkanes of at least 4 members (excludes halogenated alkanes) is 14. The summed E-state index contributed by atoms with van der Waals surface area (Å²) in [6.45, 7) is 3.30. The van der Waals surface area contributed by atoms with E-state index < -0.39 is 13.9 Å². The highest BCUT2D eigenvalue weighted by atomic mass is 31.2. The zero-order valence-corrected chi connectivity index (χ0v) is 23.4. The maximum Gasteiger partial charge on any atom is 0.472 e. The lowest BCUT2D eigenvalue weighted by Crippen LogP contribution is -2.37. The molecule has 0 aromatic carbocycles. The van der Waals surface area contributed by atoms with Crippen molar-refractivity contribution in [2.75, 3.05) is 54.1 Å². The molecule has 0 fully saturated rings. The van der Waals surface area contributed by atoms with Gasteiger partial charge in [0.05, 0.1) is 34.4 Å². The molecule has 0 spiro atoms. The van der Waals surface area contributed by atoms with Crippen molar-refractivity contribution in [3.63, 3.8) is 0 Å². The standard InChI is InChI=1S/C25H54NO7P/c1-5-6-7-8-9-10-11-12-13-14-15-16-17-18-19-21-30-23-25(33-27)24-32-34(28,29)31-22-20-26(2,3)4/h25H,5-24H2,1-4H3,(H-,27,28,29)/p+1/t25-/m1/s1. The lowest BCUT2D eigenvalue weighted by atomic mass is 10.0. The molecule has 0 amide bonds. The van der Waals surface area contributed by atoms with Gasteiger partial charge in [-0.15, -0.1) is 0 Å². The molecule has 0 saturated carbocycles. The van der Waals surface area contributed by atoms with Crippen LogP contribution in [0.4, 0.5) is 0 Å². The molecule has 0 aliphatic carbocycles. The van der Waals surface area contributed by atoms with Gasteiger partial charge in [-0.1, -0.05) is 96.8 Å². The third-order valence-corrected chi connectivity index (χ3v) is 6.77. The minimum atomic E-state index is -4.18. The lowest BCUT2D eigenvalue weighted by molar-refractivity contribution is -0.870. The fourth-order valence-electron chi connectivity index (χ4n) is 3.54. The van der Waals surface area contributed by atoms with Crippen LogP contribution in [0.3, 0.4) is 0 Å². The molecule has 0 saturated heterocycles. The van der Waals surface area contributed by atoms with E-state index in [1.165, 1.54) is 83.5 Å². The molecule has 0 aromatic heterocycles. The molecule has 2 atom stereocenters. The Morgan fingerprint density at radius 2 is 1.18 bits per heavy atom. The van der Waals surface area contributed by atoms with Crippen LogP contribution in [0.25, 0.3) is 0 Å². The molecular formula is C25H55NO7P+. The van der Waals surface area contributed by atoms with Gasteiger partial charge >= 0.3 is 7.82 Å². The Kier molecular flexibility index (Phi) is 22.1. The molecule has 0 rings (SSSR count). The summed E-state index contributed by atoms with van der Waals surface area (Å²) in [5.74, 6) is 0. The predicted octanol–water partition coefficient (Wildman–Crippen LogP) is 6.57. The Bertz CT molecular complexity index is 488. The zero-order chi connectivity index (χ0) is 25.5. The van der Waals surface area contributed by atoms with Crippen LogP contribution in [0, 0.1) is 0 Å². The number of rotatable bonds is 26. The first kappa shape index (κ1) is 34.0. The van der Waals surface area contributed by atoms with Gasteiger partial charge in [-0.25, -0.2) is 9.45 Å². The molecule has 206 valence electrons. The highest BCUT2D eigenvalue weighted by Crippen LogP contribution is 2.43. The molecule has 0 aliphatic rings. The summed E-state index contributed by atoms with van der Waals surface area (Å²) in [6, 6.07) is 0. The molecule has 0 heterocycles. The van der Waals surface area contributed by atoms with Gasteiger partial charge in [0.2, 0.25) is 0 Å². The van der Waals surface area contributed by atoms with E-state index in [9.17, 15) is 9.46 Å². The Balaban J connectivity index is 3.51. The van der Waals surface area contributed by atoms with Crippen LogP contribution in [0.15, 0.2) is 0 Å². The number of likely N-dealkylation sites (N-methyl/N-ethyl adjacent to an activating group) is 1. The fraction of sp³-hybridized carbons (Fsp3) is 1.00. The second-order valence-corrected chi connectivity index (χ2v) is 11.8. The summed E-state index contributed by atoms with van der Waals surface area (Å²) in [4.78, 5) is 14.0. The SMILES string of the molecule is CCCCCCCCCCCCCCCCCOC[C@H](COP(=O)(O)OCC[N+](C)(C)C)OO. The minimum absolute atomic E-state index is 0.0913. The highest BCUT2D eigenvalue weighted by Gasteiger charge is 2.25. The summed E-state index contributed by atoms with van der Waals surface area (Å²) in [5.41, 5.74) is 0. The van der Waals surface area contributed by atoms with E-state index in [-0.39, 0.29) is 19.8 Å². The fourth-order valence-corrected chi connectivity index (χ4v) is 4.29. The summed E-state index contributed by atoms with van der Waals surface area (Å²) >= 11 is 0. The van der Waals surface area contributed by atoms with Crippen molar-refractivity contribution in [2.45, 2.75) is 109 Å². The van der Waals surface area contributed by atoms with E-state index in [1.807, 2.05) is 21.1 Å². The van der Waals surface area contributed by atoms with Crippen molar-refractivity contribution in [3.8, 4) is 0 Å². The monoisotopic (exact) mass is 512 g/mol. The molecule has 2 N–H and O–H groups in total. The Morgan fingerprint density at radius 1 is 0.706 bits per heavy atom. The second kappa shape index (κ2) is 22.2. The molecular weight excluding hydrogens is 457 g/mol. The Morgan fingerprint density at radius 3 is 1.62 bits per heavy atom. The van der Waals surface area contributed by atoms with Crippen LogP contribution >= 0.6 is 7.82 Å². The van der Waals surface area contributed by atoms with E-state index in [4.69, 9.17) is 19.0 Å². The number of hydrogen-bond acceptors (Lipinski definition) is 6. The summed E-state index contributed by atoms with van der Waals surface area (Å²) < 4.78 is 27.8. The normalized spacial score (nSPS) is 14.9. The van der Waals surface area contributed by atoms with Crippen molar-refractivity contribution < 1.29 is 37.9 Å². The maximum atomic E-state index is 11.9. The number of ether oxygens (including phenoxy) is 1. The third-order valence-electron chi connectivity index (χ3n) is 5.79. The molecule has 9 heteroatoms. The Hall–Kier alpha value is -0.0500. The van der Waals surface area contributed by atoms with E-state index in [0.29, 0.717) is 17.6 Å². The summed E-state index contributed by atoms with van der Waals surface area (Å²) in [7, 11) is 1.69. The zero-order valence-electron chi connectivity index (χ0n) is 22.5. The smallest absolute Gasteiger partial charge is 0.379 e. The van der Waals surface area contributed by atoms with Crippen LogP contribution in [-0.4, -0.2) is 74.9 Å². The van der Waals surface area contributed by atoms with Gasteiger partial charge in [-0.2, -0.15) is 0 Å². The van der Waals surface area contributed by atoms with E-state index >= 15 is 0 Å². The topological polar surface area (TPSA) is 94.5 Å². The molecule has 1 unspecified atom stereocenters. The third kappa shape index (κ3) is 25.1. The van der Waals surface area contributed by atoms with E-state index in [1.54, 1.807) is 0 Å². The van der Waals surface area contributed by atoms with Gasteiger partial charge in [0.25, 0.3) is 0 Å². The predicted molar refractivity (Wildman–Crippen MR) is 138 cm³/mol. The highest BCUT2D eigenvalue weighted by molar-refractivity contribution is 7.47. The van der Waals surface area contributed by atoms with Crippen LogP contribution in [-0.2, 0) is 23.2 Å². The van der Waals surface area contributed by atoms with Gasteiger partial charge in [-0.3, -0.25) is 14.3 Å². The summed E-state index contributed by atoms with van der Waals surface area (Å²) in [6.07, 6.45) is 18.9. The van der Waals surface area contributed by atoms with E-state index in [0.717, 1.165) is 12.8 Å². The van der Waals surface area contributed by atoms with Gasteiger partial charge in [0.15, 0.2) is 0 Å². The summed E-state index contributed by atoms with van der Waals surface area (Å²) in [5, 5.41) is 8.97. The number of nitrogens with zero attached hydrogens (tertiary/aromatic N) is 1. The first-order chi connectivity index (χ1) is 16.2. The van der Waals surface area contributed by atoms with Gasteiger partial charge in [-0.05, 0) is 6.42 Å². The molecule has 34 heavy (non-hydrogen) atoms. The molecule has 0 radical (unpaired) electrons. The van der Waals surface area contributed by atoms with Gasteiger partial charge in [0.1, 0.15) is 19.3 Å². The molecule has 0 aromatic rings. The average molecular weight is 513 g/mol. The number of phosphoric acid groups is 1. The maximum absolute atomic E-state index is 11.9. The van der Waals surface area contributed by atoms with Crippen molar-refractivity contribution in [3.05, 3.63) is 0 Å². The van der Waals surface area contributed by atoms with Crippen LogP contribution < -0.4 is 0 Å².